The molecule has 2 aromatic heterocycles. The summed E-state index contributed by atoms with van der Waals surface area (Å²) in [5.74, 6) is 0.913. The summed E-state index contributed by atoms with van der Waals surface area (Å²) in [5, 5.41) is 1.48. The second kappa shape index (κ2) is 17.2. The quantitative estimate of drug-likeness (QED) is 0.118. The van der Waals surface area contributed by atoms with E-state index in [1.165, 1.54) is 49.7 Å². The molecule has 6 rings (SSSR count). The Morgan fingerprint density at radius 1 is 0.615 bits per heavy atom. The predicted octanol–water partition coefficient (Wildman–Crippen LogP) is 12.9. The molecule has 1 radical (unpaired) electrons. The van der Waals surface area contributed by atoms with Crippen LogP contribution >= 0.6 is 0 Å². The topological polar surface area (TPSA) is 25.8 Å². The van der Waals surface area contributed by atoms with Crippen molar-refractivity contribution in [2.24, 2.45) is 5.41 Å². The third-order valence-corrected chi connectivity index (χ3v) is 12.0. The molecule has 1 atom stereocenters. The molecule has 2 heterocycles. The average Bonchev–Trinajstić information content (AvgIpc) is 3.11. The van der Waals surface area contributed by atoms with Crippen LogP contribution in [-0.4, -0.2) is 18.0 Å². The second-order valence-electron chi connectivity index (χ2n) is 16.2. The molecule has 271 valence electrons. The molecule has 1 unspecified atom stereocenters. The monoisotopic (exact) mass is 879 g/mol. The maximum absolute atomic E-state index is 4.80. The number of aryl methyl sites for hydroxylation is 2. The van der Waals surface area contributed by atoms with Crippen molar-refractivity contribution < 1.29 is 20.1 Å². The van der Waals surface area contributed by atoms with Crippen LogP contribution in [0.25, 0.3) is 44.8 Å². The van der Waals surface area contributed by atoms with Crippen LogP contribution in [0.1, 0.15) is 75.6 Å². The summed E-state index contributed by atoms with van der Waals surface area (Å²) < 4.78 is 0. The number of aromatic nitrogens is 2. The van der Waals surface area contributed by atoms with Crippen LogP contribution in [0.4, 0.5) is 0 Å². The van der Waals surface area contributed by atoms with E-state index < -0.39 is 8.07 Å². The van der Waals surface area contributed by atoms with Gasteiger partial charge in [0.2, 0.25) is 0 Å². The van der Waals surface area contributed by atoms with Gasteiger partial charge in [0.25, 0.3) is 0 Å². The van der Waals surface area contributed by atoms with Gasteiger partial charge in [-0.2, -0.15) is 0 Å². The molecule has 0 fully saturated rings. The van der Waals surface area contributed by atoms with Gasteiger partial charge in [-0.05, 0) is 81.1 Å². The Morgan fingerprint density at radius 2 is 1.23 bits per heavy atom. The summed E-state index contributed by atoms with van der Waals surface area (Å²) >= 11 is 0. The molecule has 0 aliphatic carbocycles. The predicted molar refractivity (Wildman–Crippen MR) is 222 cm³/mol. The largest absolute Gasteiger partial charge is 0.305 e. The van der Waals surface area contributed by atoms with Gasteiger partial charge in [-0.25, -0.2) is 0 Å². The molecule has 52 heavy (non-hydrogen) atoms. The Morgan fingerprint density at radius 3 is 1.83 bits per heavy atom. The fourth-order valence-electron chi connectivity index (χ4n) is 6.60. The van der Waals surface area contributed by atoms with Crippen molar-refractivity contribution >= 4 is 13.3 Å². The molecule has 0 N–H and O–H groups in total. The smallest absolute Gasteiger partial charge is 0.0799 e. The molecule has 4 aromatic carbocycles. The summed E-state index contributed by atoms with van der Waals surface area (Å²) in [5.41, 5.74) is 14.6. The molecule has 2 nitrogen and oxygen atoms in total. The van der Waals surface area contributed by atoms with Gasteiger partial charge in [-0.15, -0.1) is 71.3 Å². The summed E-state index contributed by atoms with van der Waals surface area (Å²) in [6.07, 6.45) is 4.15. The van der Waals surface area contributed by atoms with E-state index in [2.05, 4.69) is 172 Å². The molecular formula is C48H54IrN2Si-2. The number of hydrogen-bond donors (Lipinski definition) is 0. The van der Waals surface area contributed by atoms with Crippen LogP contribution in [0.5, 0.6) is 0 Å². The minimum atomic E-state index is -1.42. The number of pyridine rings is 2. The summed E-state index contributed by atoms with van der Waals surface area (Å²) in [6, 6.07) is 42.7. The molecule has 0 bridgehead atoms. The van der Waals surface area contributed by atoms with E-state index in [-0.39, 0.29) is 25.5 Å². The van der Waals surface area contributed by atoms with Crippen molar-refractivity contribution in [3.05, 3.63) is 150 Å². The van der Waals surface area contributed by atoms with Crippen molar-refractivity contribution in [2.75, 3.05) is 0 Å². The van der Waals surface area contributed by atoms with Gasteiger partial charge in [0.1, 0.15) is 0 Å². The number of rotatable bonds is 7. The Hall–Kier alpha value is -3.95. The minimum Gasteiger partial charge on any atom is -0.305 e. The fraction of sp³-hybridized carbons (Fsp3) is 0.292. The van der Waals surface area contributed by atoms with Crippen molar-refractivity contribution in [3.8, 4) is 44.8 Å². The zero-order chi connectivity index (χ0) is 36.9. The van der Waals surface area contributed by atoms with Crippen LogP contribution in [-0.2, 0) is 20.1 Å². The maximum Gasteiger partial charge on any atom is 0.0799 e. The van der Waals surface area contributed by atoms with Crippen molar-refractivity contribution in [3.63, 3.8) is 0 Å². The third-order valence-electron chi connectivity index (χ3n) is 9.98. The zero-order valence-electron chi connectivity index (χ0n) is 32.9. The Bertz CT molecular complexity index is 2050. The maximum atomic E-state index is 4.80. The van der Waals surface area contributed by atoms with Crippen LogP contribution in [0, 0.1) is 31.4 Å². The van der Waals surface area contributed by atoms with Gasteiger partial charge in [0, 0.05) is 32.5 Å². The standard InChI is InChI=1S/C28H26N.C20H28NSi.Ir/c1-19(2)26-18-29-27(17-25(26)22-12-6-5-7-13-22)23-14-9-15-24(16-23)28-20(3)10-8-11-21(28)4;1-15(20(2,3)4)17-13-18(16-11-9-8-10-12-16)21-14-19(17)22(5,6)7;/h5-13,15-19H,1-4H3;8-11,13-15H,1-7H3;/q2*-1;. The Balaban J connectivity index is 0.000000237. The van der Waals surface area contributed by atoms with Crippen molar-refractivity contribution in [2.45, 2.75) is 86.9 Å². The molecule has 0 saturated heterocycles. The number of hydrogen-bond acceptors (Lipinski definition) is 2. The van der Waals surface area contributed by atoms with Crippen LogP contribution in [0.3, 0.4) is 0 Å². The third kappa shape index (κ3) is 9.72. The van der Waals surface area contributed by atoms with Crippen molar-refractivity contribution in [1.82, 2.24) is 9.97 Å². The fourth-order valence-corrected chi connectivity index (χ4v) is 8.21. The van der Waals surface area contributed by atoms with Gasteiger partial charge in [0.05, 0.1) is 8.07 Å². The summed E-state index contributed by atoms with van der Waals surface area (Å²) in [6.45, 7) is 25.3. The Labute approximate surface area is 328 Å². The molecule has 4 heteroatoms. The first kappa shape index (κ1) is 40.8. The van der Waals surface area contributed by atoms with E-state index >= 15 is 0 Å². The second-order valence-corrected chi connectivity index (χ2v) is 21.2. The molecule has 0 spiro atoms. The van der Waals surface area contributed by atoms with E-state index in [9.17, 15) is 0 Å². The van der Waals surface area contributed by atoms with Gasteiger partial charge in [-0.3, -0.25) is 0 Å². The van der Waals surface area contributed by atoms with E-state index in [0.29, 0.717) is 11.8 Å². The van der Waals surface area contributed by atoms with E-state index in [0.717, 1.165) is 22.5 Å². The van der Waals surface area contributed by atoms with E-state index in [1.54, 1.807) is 0 Å². The molecule has 6 aromatic rings. The number of benzene rings is 4. The summed E-state index contributed by atoms with van der Waals surface area (Å²) in [7, 11) is -1.42. The van der Waals surface area contributed by atoms with Gasteiger partial charge in [0.15, 0.2) is 0 Å². The first-order chi connectivity index (χ1) is 24.1. The molecular weight excluding hydrogens is 825 g/mol. The normalized spacial score (nSPS) is 12.1. The van der Waals surface area contributed by atoms with Crippen LogP contribution in [0.2, 0.25) is 19.6 Å². The molecule has 0 aliphatic heterocycles. The SMILES string of the molecule is CC(c1cc(-c2[c-]cccc2)ncc1[Si](C)(C)C)C(C)(C)C.Cc1cccc(C)c1-c1cc[c-]c(-c2cc(-c3ccccc3)c(C(C)C)cn2)c1.[Ir]. The molecule has 0 saturated carbocycles. The zero-order valence-corrected chi connectivity index (χ0v) is 36.2. The number of nitrogens with zero attached hydrogens (tertiary/aromatic N) is 2. The van der Waals surface area contributed by atoms with E-state index in [1.807, 2.05) is 30.5 Å². The molecule has 0 amide bonds. The van der Waals surface area contributed by atoms with Crippen LogP contribution < -0.4 is 5.19 Å². The van der Waals surface area contributed by atoms with Gasteiger partial charge >= 0.3 is 0 Å². The van der Waals surface area contributed by atoms with Gasteiger partial charge in [-0.1, -0.05) is 127 Å². The minimum absolute atomic E-state index is 0. The first-order valence-corrected chi connectivity index (χ1v) is 21.8. The first-order valence-electron chi connectivity index (χ1n) is 18.3. The van der Waals surface area contributed by atoms with E-state index in [4.69, 9.17) is 9.97 Å². The Kier molecular flexibility index (Phi) is 13.5. The van der Waals surface area contributed by atoms with Gasteiger partial charge < -0.3 is 9.97 Å². The summed E-state index contributed by atoms with van der Waals surface area (Å²) in [4.78, 5) is 9.55. The average molecular weight is 879 g/mol. The van der Waals surface area contributed by atoms with Crippen molar-refractivity contribution in [1.29, 1.82) is 0 Å². The van der Waals surface area contributed by atoms with Crippen LogP contribution in [0.15, 0.2) is 116 Å². The molecule has 0 aliphatic rings.